The SMILES string of the molecule is OC1COC([Te])C(O)C1O.[Ac].[Ac].[Ac].[Au]. The molecule has 0 aromatic rings. The maximum atomic E-state index is 9.08. The Kier molecular flexibility index (Phi) is 30.1. The number of hydrogen-bond acceptors (Lipinski definition) is 4. The third kappa shape index (κ3) is 9.58. The van der Waals surface area contributed by atoms with Gasteiger partial charge in [0.25, 0.3) is 0 Å². The molecular formula is C5H9Ac3AuO4Te. The van der Waals surface area contributed by atoms with E-state index in [4.69, 9.17) is 20.1 Å². The summed E-state index contributed by atoms with van der Waals surface area (Å²) in [5, 5.41) is 27.1. The molecule has 1 aliphatic rings. The largest absolute Gasteiger partial charge is 0 e. The minimum atomic E-state index is -1.06. The molecule has 1 rings (SSSR count). The van der Waals surface area contributed by atoms with Crippen LogP contribution in [-0.4, -0.2) is 66.7 Å². The summed E-state index contributed by atoms with van der Waals surface area (Å²) in [5.41, 5.74) is 0. The van der Waals surface area contributed by atoms with E-state index in [9.17, 15) is 0 Å². The first kappa shape index (κ1) is 27.9. The molecule has 9 heteroatoms. The van der Waals surface area contributed by atoms with Crippen molar-refractivity contribution in [1.82, 2.24) is 0 Å². The van der Waals surface area contributed by atoms with Crippen LogP contribution in [-0.2, 0) is 27.1 Å². The van der Waals surface area contributed by atoms with Crippen molar-refractivity contribution in [2.24, 2.45) is 0 Å². The summed E-state index contributed by atoms with van der Waals surface area (Å²) in [6.45, 7) is 0.0991. The molecule has 0 aromatic heterocycles. The number of rotatable bonds is 0. The van der Waals surface area contributed by atoms with Crippen LogP contribution in [0, 0.1) is 132 Å². The molecule has 14 heavy (non-hydrogen) atoms. The Labute approximate surface area is 220 Å². The molecule has 0 amide bonds. The average Bonchev–Trinajstić information content (AvgIpc) is 1.93. The third-order valence-corrected chi connectivity index (χ3v) is 2.64. The molecular weight excluding hydrogens is 1130 g/mol. The Morgan fingerprint density at radius 1 is 1.00 bits per heavy atom. The standard InChI is InChI=1S/C5H9O4Te.3Ac.Au/c6-2-1-9-5(10)4(8)3(2)7;;;;/h2-8H,1H2;;;;. The van der Waals surface area contributed by atoms with Crippen LogP contribution < -0.4 is 0 Å². The zero-order valence-corrected chi connectivity index (χ0v) is 25.9. The van der Waals surface area contributed by atoms with Gasteiger partial charge < -0.3 is 0 Å². The Morgan fingerprint density at radius 3 is 1.79 bits per heavy atom. The summed E-state index contributed by atoms with van der Waals surface area (Å²) in [6.07, 6.45) is -2.98. The molecule has 79 valence electrons. The van der Waals surface area contributed by atoms with Crippen molar-refractivity contribution < 1.29 is 175 Å². The zero-order valence-electron chi connectivity index (χ0n) is 7.21. The van der Waals surface area contributed by atoms with E-state index in [-0.39, 0.29) is 165 Å². The van der Waals surface area contributed by atoms with Crippen LogP contribution in [0.15, 0.2) is 0 Å². The van der Waals surface area contributed by atoms with E-state index >= 15 is 0 Å². The van der Waals surface area contributed by atoms with E-state index in [1.165, 1.54) is 0 Å². The van der Waals surface area contributed by atoms with Gasteiger partial charge in [-0.05, 0) is 0 Å². The van der Waals surface area contributed by atoms with Crippen molar-refractivity contribution in [2.45, 2.75) is 22.5 Å². The van der Waals surface area contributed by atoms with Crippen molar-refractivity contribution in [3.8, 4) is 0 Å². The van der Waals surface area contributed by atoms with Gasteiger partial charge in [0, 0.05) is 155 Å². The first-order valence-electron chi connectivity index (χ1n) is 2.94. The fourth-order valence-corrected chi connectivity index (χ4v) is 1.46. The molecule has 0 bridgehead atoms. The Hall–Kier alpha value is 5.69. The number of aliphatic hydroxyl groups excluding tert-OH is 3. The molecule has 4 nitrogen and oxygen atoms in total. The molecule has 3 N–H and O–H groups in total. The smallest absolute Gasteiger partial charge is 0 e. The Morgan fingerprint density at radius 2 is 1.43 bits per heavy atom. The van der Waals surface area contributed by atoms with Gasteiger partial charge in [0.1, 0.15) is 0 Å². The van der Waals surface area contributed by atoms with Crippen LogP contribution in [0.2, 0.25) is 0 Å². The summed E-state index contributed by atoms with van der Waals surface area (Å²) in [5.74, 6) is 0. The molecule has 1 saturated heterocycles. The molecule has 0 aromatic carbocycles. The normalized spacial score (nSPS) is 35.1. The van der Waals surface area contributed by atoms with E-state index in [1.807, 2.05) is 0 Å². The van der Waals surface area contributed by atoms with Crippen LogP contribution in [0.1, 0.15) is 0 Å². The minimum Gasteiger partial charge on any atom is 0 e. The van der Waals surface area contributed by atoms with Crippen molar-refractivity contribution in [2.75, 3.05) is 6.61 Å². The zero-order chi connectivity index (χ0) is 7.72. The topological polar surface area (TPSA) is 69.9 Å². The monoisotopic (exact) mass is 1140 g/mol. The molecule has 0 saturated carbocycles. The van der Waals surface area contributed by atoms with Crippen LogP contribution in [0.25, 0.3) is 0 Å². The Bertz CT molecular complexity index is 122. The van der Waals surface area contributed by atoms with Crippen molar-refractivity contribution in [3.63, 3.8) is 0 Å². The maximum Gasteiger partial charge on any atom is 0 e. The average molecular weight is 1140 g/mol. The summed E-state index contributed by atoms with van der Waals surface area (Å²) < 4.78 is 4.54. The molecule has 1 heterocycles. The van der Waals surface area contributed by atoms with Gasteiger partial charge in [0.2, 0.25) is 0 Å². The van der Waals surface area contributed by atoms with Gasteiger partial charge in [-0.3, -0.25) is 0 Å². The van der Waals surface area contributed by atoms with Gasteiger partial charge in [-0.2, -0.15) is 0 Å². The first-order valence-corrected chi connectivity index (χ1v) is 4.29. The van der Waals surface area contributed by atoms with E-state index in [0.717, 1.165) is 0 Å². The molecule has 4 unspecified atom stereocenters. The van der Waals surface area contributed by atoms with E-state index in [2.05, 4.69) is 0 Å². The van der Waals surface area contributed by atoms with E-state index < -0.39 is 18.3 Å². The van der Waals surface area contributed by atoms with Crippen molar-refractivity contribution >= 4 is 22.3 Å². The van der Waals surface area contributed by atoms with Crippen LogP contribution >= 0.6 is 0 Å². The maximum absolute atomic E-state index is 9.08. The second kappa shape index (κ2) is 15.1. The third-order valence-electron chi connectivity index (χ3n) is 1.45. The number of aliphatic hydroxyl groups is 3. The van der Waals surface area contributed by atoms with Gasteiger partial charge >= 0.3 is 71.4 Å². The second-order valence-electron chi connectivity index (χ2n) is 2.25. The second-order valence-corrected chi connectivity index (χ2v) is 3.58. The molecule has 1 aliphatic heterocycles. The Balaban J connectivity index is -0.000000125. The van der Waals surface area contributed by atoms with E-state index in [0.29, 0.717) is 0 Å². The minimum absolute atomic E-state index is 0. The fraction of sp³-hybridized carbons (Fsp3) is 1.00. The van der Waals surface area contributed by atoms with Gasteiger partial charge in [-0.25, -0.2) is 0 Å². The molecule has 1 fully saturated rings. The van der Waals surface area contributed by atoms with Gasteiger partial charge in [-0.15, -0.1) is 0 Å². The number of ether oxygens (including phenoxy) is 1. The van der Waals surface area contributed by atoms with Gasteiger partial charge in [-0.1, -0.05) is 0 Å². The molecule has 0 spiro atoms. The summed E-state index contributed by atoms with van der Waals surface area (Å²) in [7, 11) is 0. The van der Waals surface area contributed by atoms with Gasteiger partial charge in [0.15, 0.2) is 0 Å². The van der Waals surface area contributed by atoms with Crippen LogP contribution in [0.3, 0.4) is 0 Å². The first-order chi connectivity index (χ1) is 4.63. The predicted molar refractivity (Wildman–Crippen MR) is 33.5 cm³/mol. The summed E-state index contributed by atoms with van der Waals surface area (Å²) >= 11 is 1.58. The molecule has 5 radical (unpaired) electrons. The number of hydrogen-bond donors (Lipinski definition) is 3. The van der Waals surface area contributed by atoms with E-state index in [1.54, 1.807) is 22.3 Å². The summed E-state index contributed by atoms with van der Waals surface area (Å²) in [4.78, 5) is 0. The molecule has 0 aliphatic carbocycles. The fourth-order valence-electron chi connectivity index (χ4n) is 0.779. The van der Waals surface area contributed by atoms with Crippen molar-refractivity contribution in [1.29, 1.82) is 0 Å². The van der Waals surface area contributed by atoms with Gasteiger partial charge in [0.05, 0.1) is 0 Å². The quantitative estimate of drug-likeness (QED) is 0.237. The molecule has 4 atom stereocenters. The van der Waals surface area contributed by atoms with Crippen molar-refractivity contribution in [3.05, 3.63) is 0 Å². The predicted octanol–water partition coefficient (Wildman–Crippen LogP) is -2.41. The van der Waals surface area contributed by atoms with Crippen LogP contribution in [0.5, 0.6) is 0 Å². The van der Waals surface area contributed by atoms with Crippen LogP contribution in [0.4, 0.5) is 0 Å². The summed E-state index contributed by atoms with van der Waals surface area (Å²) in [6, 6.07) is 0.